The Hall–Kier alpha value is -1.19. The van der Waals surface area contributed by atoms with Gasteiger partial charge < -0.3 is 5.32 Å². The van der Waals surface area contributed by atoms with Gasteiger partial charge in [-0.2, -0.15) is 0 Å². The number of aryl methyl sites for hydroxylation is 1. The van der Waals surface area contributed by atoms with Crippen LogP contribution in [-0.4, -0.2) is 22.0 Å². The van der Waals surface area contributed by atoms with Crippen molar-refractivity contribution in [1.82, 2.24) is 15.4 Å². The first-order chi connectivity index (χ1) is 4.97. The molecule has 1 aromatic rings. The molecule has 10 heavy (non-hydrogen) atoms. The number of nitrogens with one attached hydrogen (secondary N) is 1. The molecule has 0 radical (unpaired) electrons. The summed E-state index contributed by atoms with van der Waals surface area (Å²) in [6, 6.07) is 0. The van der Waals surface area contributed by atoms with Gasteiger partial charge >= 0.3 is 0 Å². The average molecular weight is 136 g/mol. The van der Waals surface area contributed by atoms with E-state index in [4.69, 9.17) is 0 Å². The SMILES string of the molecule is c1nnnc2c1NCCC2. The first-order valence-electron chi connectivity index (χ1n) is 3.38. The Morgan fingerprint density at radius 3 is 3.40 bits per heavy atom. The summed E-state index contributed by atoms with van der Waals surface area (Å²) in [6.07, 6.45) is 3.89. The number of nitrogens with zero attached hydrogens (tertiary/aromatic N) is 3. The van der Waals surface area contributed by atoms with Gasteiger partial charge in [0.25, 0.3) is 0 Å². The van der Waals surface area contributed by atoms with E-state index in [-0.39, 0.29) is 0 Å². The molecule has 1 N–H and O–H groups in total. The van der Waals surface area contributed by atoms with Gasteiger partial charge in [-0.3, -0.25) is 0 Å². The van der Waals surface area contributed by atoms with Crippen LogP contribution in [0.2, 0.25) is 0 Å². The average Bonchev–Trinajstić information content (AvgIpc) is 2.05. The van der Waals surface area contributed by atoms with E-state index in [2.05, 4.69) is 20.7 Å². The molecule has 1 aliphatic heterocycles. The molecule has 1 aromatic heterocycles. The zero-order chi connectivity index (χ0) is 6.81. The Bertz CT molecular complexity index is 210. The number of anilines is 1. The zero-order valence-electron chi connectivity index (χ0n) is 5.54. The van der Waals surface area contributed by atoms with Crippen LogP contribution in [0.15, 0.2) is 6.20 Å². The highest BCUT2D eigenvalue weighted by molar-refractivity contribution is 5.46. The van der Waals surface area contributed by atoms with Crippen molar-refractivity contribution in [2.24, 2.45) is 0 Å². The van der Waals surface area contributed by atoms with Crippen molar-refractivity contribution in [3.8, 4) is 0 Å². The van der Waals surface area contributed by atoms with E-state index >= 15 is 0 Å². The molecule has 0 atom stereocenters. The van der Waals surface area contributed by atoms with E-state index in [0.717, 1.165) is 30.8 Å². The quantitative estimate of drug-likeness (QED) is 0.554. The Morgan fingerprint density at radius 2 is 2.50 bits per heavy atom. The zero-order valence-corrected chi connectivity index (χ0v) is 5.54. The summed E-state index contributed by atoms with van der Waals surface area (Å²) < 4.78 is 0. The molecule has 4 heteroatoms. The molecule has 0 amide bonds. The monoisotopic (exact) mass is 136 g/mol. The second-order valence-electron chi connectivity index (χ2n) is 2.32. The van der Waals surface area contributed by atoms with Gasteiger partial charge in [0, 0.05) is 6.54 Å². The maximum absolute atomic E-state index is 3.90. The fourth-order valence-electron chi connectivity index (χ4n) is 1.10. The topological polar surface area (TPSA) is 50.7 Å². The van der Waals surface area contributed by atoms with Crippen molar-refractivity contribution >= 4 is 5.69 Å². The van der Waals surface area contributed by atoms with Crippen LogP contribution >= 0.6 is 0 Å². The lowest BCUT2D eigenvalue weighted by Gasteiger charge is -2.13. The van der Waals surface area contributed by atoms with Gasteiger partial charge in [-0.25, -0.2) is 0 Å². The Labute approximate surface area is 58.7 Å². The van der Waals surface area contributed by atoms with E-state index in [1.165, 1.54) is 0 Å². The largest absolute Gasteiger partial charge is 0.382 e. The van der Waals surface area contributed by atoms with E-state index in [1.807, 2.05) is 0 Å². The van der Waals surface area contributed by atoms with Crippen molar-refractivity contribution in [3.05, 3.63) is 11.9 Å². The molecule has 0 fully saturated rings. The van der Waals surface area contributed by atoms with Crippen molar-refractivity contribution in [2.45, 2.75) is 12.8 Å². The maximum atomic E-state index is 3.90. The molecule has 1 aliphatic rings. The van der Waals surface area contributed by atoms with Crippen LogP contribution in [0.3, 0.4) is 0 Å². The molecule has 0 bridgehead atoms. The maximum Gasteiger partial charge on any atom is 0.0896 e. The molecule has 2 heterocycles. The number of fused-ring (bicyclic) bond motifs is 1. The highest BCUT2D eigenvalue weighted by Gasteiger charge is 2.08. The second kappa shape index (κ2) is 2.21. The minimum absolute atomic E-state index is 1.03. The molecule has 52 valence electrons. The summed E-state index contributed by atoms with van der Waals surface area (Å²) in [4.78, 5) is 0. The highest BCUT2D eigenvalue weighted by atomic mass is 15.3. The third kappa shape index (κ3) is 0.814. The minimum Gasteiger partial charge on any atom is -0.382 e. The predicted octanol–water partition coefficient (Wildman–Crippen LogP) is 0.230. The highest BCUT2D eigenvalue weighted by Crippen LogP contribution is 2.15. The number of rotatable bonds is 0. The molecule has 0 unspecified atom stereocenters. The van der Waals surface area contributed by atoms with Crippen molar-refractivity contribution in [1.29, 1.82) is 0 Å². The standard InChI is InChI=1S/C6H8N4/c1-2-5-6(7-3-1)4-8-10-9-5/h4,7H,1-3H2. The second-order valence-corrected chi connectivity index (χ2v) is 2.32. The van der Waals surface area contributed by atoms with Gasteiger partial charge in [0.15, 0.2) is 0 Å². The molecule has 4 nitrogen and oxygen atoms in total. The van der Waals surface area contributed by atoms with Gasteiger partial charge in [-0.15, -0.1) is 10.2 Å². The number of hydrogen-bond donors (Lipinski definition) is 1. The minimum atomic E-state index is 1.03. The predicted molar refractivity (Wildman–Crippen MR) is 36.6 cm³/mol. The third-order valence-corrected chi connectivity index (χ3v) is 1.62. The molecule has 2 rings (SSSR count). The van der Waals surface area contributed by atoms with Gasteiger partial charge in [-0.05, 0) is 18.1 Å². The lowest BCUT2D eigenvalue weighted by atomic mass is 10.1. The van der Waals surface area contributed by atoms with Crippen molar-refractivity contribution in [3.63, 3.8) is 0 Å². The lowest BCUT2D eigenvalue weighted by molar-refractivity contribution is 0.737. The molecule has 0 aliphatic carbocycles. The summed E-state index contributed by atoms with van der Waals surface area (Å²) >= 11 is 0. The molecule has 0 spiro atoms. The van der Waals surface area contributed by atoms with Crippen LogP contribution < -0.4 is 5.32 Å². The molecular weight excluding hydrogens is 128 g/mol. The summed E-state index contributed by atoms with van der Waals surface area (Å²) in [5.74, 6) is 0. The van der Waals surface area contributed by atoms with Crippen LogP contribution in [-0.2, 0) is 6.42 Å². The summed E-state index contributed by atoms with van der Waals surface area (Å²) in [5, 5.41) is 14.3. The molecular formula is C6H8N4. The van der Waals surface area contributed by atoms with Gasteiger partial charge in [0.2, 0.25) is 0 Å². The summed E-state index contributed by atoms with van der Waals surface area (Å²) in [7, 11) is 0. The Balaban J connectivity index is 2.41. The van der Waals surface area contributed by atoms with Gasteiger partial charge in [0.1, 0.15) is 0 Å². The number of hydrogen-bond acceptors (Lipinski definition) is 4. The first-order valence-corrected chi connectivity index (χ1v) is 3.38. The summed E-state index contributed by atoms with van der Waals surface area (Å²) in [6.45, 7) is 1.03. The van der Waals surface area contributed by atoms with E-state index < -0.39 is 0 Å². The molecule has 0 aromatic carbocycles. The fraction of sp³-hybridized carbons (Fsp3) is 0.500. The Morgan fingerprint density at radius 1 is 1.50 bits per heavy atom. The Kier molecular flexibility index (Phi) is 1.23. The summed E-state index contributed by atoms with van der Waals surface area (Å²) in [5.41, 5.74) is 2.09. The van der Waals surface area contributed by atoms with Gasteiger partial charge in [0.05, 0.1) is 17.6 Å². The van der Waals surface area contributed by atoms with Crippen molar-refractivity contribution in [2.75, 3.05) is 11.9 Å². The fourth-order valence-corrected chi connectivity index (χ4v) is 1.10. The van der Waals surface area contributed by atoms with E-state index in [1.54, 1.807) is 6.20 Å². The molecule has 0 saturated heterocycles. The number of aromatic nitrogens is 3. The van der Waals surface area contributed by atoms with E-state index in [0.29, 0.717) is 0 Å². The first kappa shape index (κ1) is 5.58. The van der Waals surface area contributed by atoms with E-state index in [9.17, 15) is 0 Å². The normalized spacial score (nSPS) is 15.6. The smallest absolute Gasteiger partial charge is 0.0896 e. The third-order valence-electron chi connectivity index (χ3n) is 1.62. The van der Waals surface area contributed by atoms with Crippen molar-refractivity contribution < 1.29 is 0 Å². The van der Waals surface area contributed by atoms with Crippen LogP contribution in [0.1, 0.15) is 12.1 Å². The van der Waals surface area contributed by atoms with Crippen LogP contribution in [0.25, 0.3) is 0 Å². The van der Waals surface area contributed by atoms with Crippen LogP contribution in [0.4, 0.5) is 5.69 Å². The van der Waals surface area contributed by atoms with Gasteiger partial charge in [-0.1, -0.05) is 0 Å². The molecule has 0 saturated carbocycles. The lowest BCUT2D eigenvalue weighted by Crippen LogP contribution is -2.14. The van der Waals surface area contributed by atoms with Crippen LogP contribution in [0, 0.1) is 0 Å². The van der Waals surface area contributed by atoms with Crippen LogP contribution in [0.5, 0.6) is 0 Å².